The van der Waals surface area contributed by atoms with Crippen molar-refractivity contribution in [1.29, 1.82) is 0 Å². The standard InChI is InChI=1S/C15H24N2O2/c1-3-9-17(10-4-2)11-12-19-15(18)13-5-7-14(16)8-6-13/h5-8H,3-4,9-12,16H2,1-2H3. The predicted molar refractivity (Wildman–Crippen MR) is 78.2 cm³/mol. The summed E-state index contributed by atoms with van der Waals surface area (Å²) in [5.74, 6) is -0.284. The van der Waals surface area contributed by atoms with Gasteiger partial charge in [0.25, 0.3) is 0 Å². The highest BCUT2D eigenvalue weighted by Crippen LogP contribution is 2.07. The lowest BCUT2D eigenvalue weighted by atomic mass is 10.2. The third-order valence-corrected chi connectivity index (χ3v) is 2.87. The number of nitrogens with zero attached hydrogens (tertiary/aromatic N) is 1. The van der Waals surface area contributed by atoms with E-state index in [1.807, 2.05) is 0 Å². The maximum absolute atomic E-state index is 11.8. The number of hydrogen-bond acceptors (Lipinski definition) is 4. The summed E-state index contributed by atoms with van der Waals surface area (Å²) in [6, 6.07) is 6.79. The van der Waals surface area contributed by atoms with Gasteiger partial charge in [0.2, 0.25) is 0 Å². The van der Waals surface area contributed by atoms with Crippen molar-refractivity contribution in [1.82, 2.24) is 4.90 Å². The van der Waals surface area contributed by atoms with Crippen LogP contribution in [0.5, 0.6) is 0 Å². The maximum atomic E-state index is 11.8. The number of hydrogen-bond donors (Lipinski definition) is 1. The van der Waals surface area contributed by atoms with Crippen molar-refractivity contribution in [2.75, 3.05) is 32.0 Å². The van der Waals surface area contributed by atoms with E-state index in [0.29, 0.717) is 17.9 Å². The molecule has 0 spiro atoms. The SMILES string of the molecule is CCCN(CCC)CCOC(=O)c1ccc(N)cc1. The van der Waals surface area contributed by atoms with Gasteiger partial charge in [0.15, 0.2) is 0 Å². The molecule has 0 amide bonds. The van der Waals surface area contributed by atoms with Crippen LogP contribution in [0.3, 0.4) is 0 Å². The first-order valence-electron chi connectivity index (χ1n) is 6.92. The molecular weight excluding hydrogens is 240 g/mol. The van der Waals surface area contributed by atoms with Crippen LogP contribution in [0, 0.1) is 0 Å². The Hall–Kier alpha value is -1.55. The van der Waals surface area contributed by atoms with E-state index in [9.17, 15) is 4.79 Å². The summed E-state index contributed by atoms with van der Waals surface area (Å²) in [7, 11) is 0. The van der Waals surface area contributed by atoms with Gasteiger partial charge in [-0.15, -0.1) is 0 Å². The summed E-state index contributed by atoms with van der Waals surface area (Å²) in [5.41, 5.74) is 6.77. The van der Waals surface area contributed by atoms with Crippen LogP contribution < -0.4 is 5.73 Å². The van der Waals surface area contributed by atoms with Crippen LogP contribution in [0.15, 0.2) is 24.3 Å². The van der Waals surface area contributed by atoms with Gasteiger partial charge in [-0.05, 0) is 50.2 Å². The second-order valence-electron chi connectivity index (χ2n) is 4.60. The van der Waals surface area contributed by atoms with E-state index in [4.69, 9.17) is 10.5 Å². The van der Waals surface area contributed by atoms with Gasteiger partial charge < -0.3 is 10.5 Å². The molecule has 4 heteroatoms. The predicted octanol–water partition coefficient (Wildman–Crippen LogP) is 2.55. The Balaban J connectivity index is 2.35. The normalized spacial score (nSPS) is 10.7. The highest BCUT2D eigenvalue weighted by Gasteiger charge is 2.08. The summed E-state index contributed by atoms with van der Waals surface area (Å²) < 4.78 is 5.27. The van der Waals surface area contributed by atoms with Crippen molar-refractivity contribution in [2.24, 2.45) is 0 Å². The molecule has 0 saturated carbocycles. The van der Waals surface area contributed by atoms with Crippen LogP contribution in [0.1, 0.15) is 37.0 Å². The Morgan fingerprint density at radius 1 is 1.11 bits per heavy atom. The van der Waals surface area contributed by atoms with E-state index < -0.39 is 0 Å². The van der Waals surface area contributed by atoms with Crippen LogP contribution in [-0.2, 0) is 4.74 Å². The topological polar surface area (TPSA) is 55.6 Å². The highest BCUT2D eigenvalue weighted by atomic mass is 16.5. The number of nitrogen functional groups attached to an aromatic ring is 1. The summed E-state index contributed by atoms with van der Waals surface area (Å²) in [5, 5.41) is 0. The summed E-state index contributed by atoms with van der Waals surface area (Å²) >= 11 is 0. The number of ether oxygens (including phenoxy) is 1. The van der Waals surface area contributed by atoms with Crippen molar-refractivity contribution in [3.8, 4) is 0 Å². The summed E-state index contributed by atoms with van der Waals surface area (Å²) in [6.45, 7) is 7.64. The van der Waals surface area contributed by atoms with Crippen molar-refractivity contribution >= 4 is 11.7 Å². The molecule has 0 unspecified atom stereocenters. The molecule has 0 radical (unpaired) electrons. The van der Waals surface area contributed by atoms with E-state index in [1.165, 1.54) is 0 Å². The molecular formula is C15H24N2O2. The van der Waals surface area contributed by atoms with E-state index in [1.54, 1.807) is 24.3 Å². The number of esters is 1. The smallest absolute Gasteiger partial charge is 0.338 e. The molecule has 0 aliphatic carbocycles. The van der Waals surface area contributed by atoms with Gasteiger partial charge in [0.05, 0.1) is 5.56 Å². The lowest BCUT2D eigenvalue weighted by molar-refractivity contribution is 0.0462. The average Bonchev–Trinajstić information content (AvgIpc) is 2.40. The zero-order valence-electron chi connectivity index (χ0n) is 11.9. The molecule has 4 nitrogen and oxygen atoms in total. The number of carbonyl (C=O) groups is 1. The molecule has 1 aromatic rings. The van der Waals surface area contributed by atoms with Gasteiger partial charge in [-0.25, -0.2) is 4.79 Å². The van der Waals surface area contributed by atoms with Gasteiger partial charge >= 0.3 is 5.97 Å². The minimum absolute atomic E-state index is 0.284. The number of anilines is 1. The van der Waals surface area contributed by atoms with Crippen LogP contribution in [0.4, 0.5) is 5.69 Å². The Labute approximate surface area is 115 Å². The quantitative estimate of drug-likeness (QED) is 0.579. The Bertz CT molecular complexity index is 370. The van der Waals surface area contributed by atoms with Crippen LogP contribution in [-0.4, -0.2) is 37.1 Å². The second kappa shape index (κ2) is 8.53. The van der Waals surface area contributed by atoms with E-state index in [-0.39, 0.29) is 5.97 Å². The van der Waals surface area contributed by atoms with E-state index >= 15 is 0 Å². The molecule has 2 N–H and O–H groups in total. The van der Waals surface area contributed by atoms with Crippen molar-refractivity contribution in [2.45, 2.75) is 26.7 Å². The lowest BCUT2D eigenvalue weighted by Gasteiger charge is -2.20. The van der Waals surface area contributed by atoms with Crippen molar-refractivity contribution in [3.05, 3.63) is 29.8 Å². The van der Waals surface area contributed by atoms with Gasteiger partial charge in [-0.2, -0.15) is 0 Å². The number of nitrogens with two attached hydrogens (primary N) is 1. The Morgan fingerprint density at radius 3 is 2.21 bits per heavy atom. The molecule has 0 aromatic heterocycles. The molecule has 0 aliphatic heterocycles. The van der Waals surface area contributed by atoms with Crippen molar-refractivity contribution in [3.63, 3.8) is 0 Å². The zero-order valence-corrected chi connectivity index (χ0v) is 11.9. The average molecular weight is 264 g/mol. The summed E-state index contributed by atoms with van der Waals surface area (Å²) in [6.07, 6.45) is 2.23. The Kier molecular flexibility index (Phi) is 6.97. The molecule has 1 rings (SSSR count). The molecule has 0 saturated heterocycles. The second-order valence-corrected chi connectivity index (χ2v) is 4.60. The van der Waals surface area contributed by atoms with Crippen molar-refractivity contribution < 1.29 is 9.53 Å². The molecule has 0 aliphatic rings. The molecule has 106 valence electrons. The minimum atomic E-state index is -0.284. The van der Waals surface area contributed by atoms with Gasteiger partial charge in [-0.3, -0.25) is 4.90 Å². The molecule has 19 heavy (non-hydrogen) atoms. The monoisotopic (exact) mass is 264 g/mol. The molecule has 0 bridgehead atoms. The van der Waals surface area contributed by atoms with E-state index in [2.05, 4.69) is 18.7 Å². The third-order valence-electron chi connectivity index (χ3n) is 2.87. The first-order chi connectivity index (χ1) is 9.17. The molecule has 0 atom stereocenters. The first kappa shape index (κ1) is 15.5. The first-order valence-corrected chi connectivity index (χ1v) is 6.92. The van der Waals surface area contributed by atoms with Crippen LogP contribution in [0.25, 0.3) is 0 Å². The lowest BCUT2D eigenvalue weighted by Crippen LogP contribution is -2.29. The van der Waals surface area contributed by atoms with Gasteiger partial charge in [-0.1, -0.05) is 13.8 Å². The number of benzene rings is 1. The third kappa shape index (κ3) is 5.75. The minimum Gasteiger partial charge on any atom is -0.461 e. The maximum Gasteiger partial charge on any atom is 0.338 e. The van der Waals surface area contributed by atoms with Gasteiger partial charge in [0.1, 0.15) is 6.61 Å². The number of rotatable bonds is 8. The fraction of sp³-hybridized carbons (Fsp3) is 0.533. The molecule has 0 fully saturated rings. The van der Waals surface area contributed by atoms with E-state index in [0.717, 1.165) is 32.5 Å². The molecule has 1 aromatic carbocycles. The summed E-state index contributed by atoms with van der Waals surface area (Å²) in [4.78, 5) is 14.1. The van der Waals surface area contributed by atoms with Crippen LogP contribution >= 0.6 is 0 Å². The van der Waals surface area contributed by atoms with Gasteiger partial charge in [0, 0.05) is 12.2 Å². The largest absolute Gasteiger partial charge is 0.461 e. The number of carbonyl (C=O) groups excluding carboxylic acids is 1. The highest BCUT2D eigenvalue weighted by molar-refractivity contribution is 5.89. The van der Waals surface area contributed by atoms with Crippen LogP contribution in [0.2, 0.25) is 0 Å². The Morgan fingerprint density at radius 2 is 1.68 bits per heavy atom. The zero-order chi connectivity index (χ0) is 14.1. The molecule has 0 heterocycles. The fourth-order valence-electron chi connectivity index (χ4n) is 1.94. The fourth-order valence-corrected chi connectivity index (χ4v) is 1.94.